The van der Waals surface area contributed by atoms with Crippen molar-refractivity contribution in [2.45, 2.75) is 0 Å². The summed E-state index contributed by atoms with van der Waals surface area (Å²) < 4.78 is 19.5. The van der Waals surface area contributed by atoms with Crippen LogP contribution in [0.2, 0.25) is 0 Å². The van der Waals surface area contributed by atoms with Crippen molar-refractivity contribution in [1.29, 1.82) is 0 Å². The number of carbonyl (C=O) groups excluding carboxylic acids is 1. The van der Waals surface area contributed by atoms with Gasteiger partial charge in [0.2, 0.25) is 0 Å². The summed E-state index contributed by atoms with van der Waals surface area (Å²) in [6.45, 7) is 0. The minimum Gasteiger partial charge on any atom is -0.456 e. The molecular weight excluding hydrogens is 415 g/mol. The predicted octanol–water partition coefficient (Wildman–Crippen LogP) is 5.40. The van der Waals surface area contributed by atoms with Crippen LogP contribution in [-0.2, 0) is 4.79 Å². The largest absolute Gasteiger partial charge is 0.456 e. The second kappa shape index (κ2) is 7.61. The first-order chi connectivity index (χ1) is 13.9. The van der Waals surface area contributed by atoms with Gasteiger partial charge in [-0.2, -0.15) is 0 Å². The number of amides is 1. The second-order valence-electron chi connectivity index (χ2n) is 5.97. The Morgan fingerprint density at radius 2 is 1.93 bits per heavy atom. The molecule has 29 heavy (non-hydrogen) atoms. The molecule has 1 aromatic heterocycles. The second-order valence-corrected chi connectivity index (χ2v) is 7.65. The minimum atomic E-state index is -0.484. The molecule has 0 spiro atoms. The Morgan fingerprint density at radius 3 is 2.69 bits per heavy atom. The molecule has 2 heterocycles. The molecule has 1 aliphatic heterocycles. The molecule has 1 amide bonds. The molecule has 0 saturated carbocycles. The van der Waals surface area contributed by atoms with E-state index in [1.807, 2.05) is 0 Å². The molecule has 3 aromatic rings. The summed E-state index contributed by atoms with van der Waals surface area (Å²) in [5, 5.41) is 11.2. The molecular formula is C20H11FN2O4S2. The van der Waals surface area contributed by atoms with E-state index in [9.17, 15) is 19.3 Å². The lowest BCUT2D eigenvalue weighted by atomic mass is 10.1. The van der Waals surface area contributed by atoms with Crippen molar-refractivity contribution < 1.29 is 18.5 Å². The lowest BCUT2D eigenvalue weighted by Gasteiger charge is -2.14. The highest BCUT2D eigenvalue weighted by Crippen LogP contribution is 2.37. The maximum Gasteiger partial charge on any atom is 0.280 e. The Morgan fingerprint density at radius 1 is 1.14 bits per heavy atom. The van der Waals surface area contributed by atoms with Gasteiger partial charge in [-0.15, -0.1) is 0 Å². The van der Waals surface area contributed by atoms with E-state index in [0.717, 1.165) is 11.8 Å². The number of anilines is 1. The van der Waals surface area contributed by atoms with Gasteiger partial charge in [0.05, 0.1) is 21.1 Å². The van der Waals surface area contributed by atoms with Crippen molar-refractivity contribution in [2.24, 2.45) is 0 Å². The van der Waals surface area contributed by atoms with E-state index in [-0.39, 0.29) is 10.0 Å². The van der Waals surface area contributed by atoms with Crippen molar-refractivity contribution >= 4 is 51.7 Å². The predicted molar refractivity (Wildman–Crippen MR) is 113 cm³/mol. The van der Waals surface area contributed by atoms with Crippen molar-refractivity contribution in [3.63, 3.8) is 0 Å². The van der Waals surface area contributed by atoms with E-state index in [1.165, 1.54) is 35.2 Å². The van der Waals surface area contributed by atoms with Crippen LogP contribution in [0.4, 0.5) is 15.8 Å². The summed E-state index contributed by atoms with van der Waals surface area (Å²) in [7, 11) is 0. The molecule has 1 fully saturated rings. The zero-order chi connectivity index (χ0) is 20.5. The minimum absolute atomic E-state index is 0.0779. The fourth-order valence-corrected chi connectivity index (χ4v) is 4.13. The number of nitro benzene ring substituents is 1. The average molecular weight is 426 g/mol. The number of nitrogens with zero attached hydrogens (tertiary/aromatic N) is 2. The number of halogens is 1. The maximum atomic E-state index is 13.5. The fraction of sp³-hybridized carbons (Fsp3) is 0. The zero-order valence-corrected chi connectivity index (χ0v) is 16.2. The Hall–Kier alpha value is -3.30. The van der Waals surface area contributed by atoms with Crippen molar-refractivity contribution in [3.8, 4) is 11.3 Å². The SMILES string of the molecule is O=C1/C(=C/c2ccc(-c3ccccc3[N+](=O)[O-])o2)SC(=S)N1c1cccc(F)c1. The molecule has 0 aliphatic carbocycles. The molecule has 1 saturated heterocycles. The number of benzene rings is 2. The Balaban J connectivity index is 1.64. The molecule has 2 aromatic carbocycles. The highest BCUT2D eigenvalue weighted by molar-refractivity contribution is 8.27. The lowest BCUT2D eigenvalue weighted by Crippen LogP contribution is -2.27. The number of thiocarbonyl (C=S) groups is 1. The normalized spacial score (nSPS) is 15.3. The number of carbonyl (C=O) groups is 1. The molecule has 0 atom stereocenters. The van der Waals surface area contributed by atoms with Gasteiger partial charge in [-0.05, 0) is 36.4 Å². The van der Waals surface area contributed by atoms with E-state index >= 15 is 0 Å². The summed E-state index contributed by atoms with van der Waals surface area (Å²) in [5.74, 6) is -0.211. The van der Waals surface area contributed by atoms with E-state index in [4.69, 9.17) is 16.6 Å². The topological polar surface area (TPSA) is 76.6 Å². The van der Waals surface area contributed by atoms with Crippen LogP contribution in [0, 0.1) is 15.9 Å². The first-order valence-electron chi connectivity index (χ1n) is 8.31. The summed E-state index contributed by atoms with van der Waals surface area (Å²) in [6, 6.07) is 15.0. The smallest absolute Gasteiger partial charge is 0.280 e. The van der Waals surface area contributed by atoms with Crippen LogP contribution in [0.25, 0.3) is 17.4 Å². The van der Waals surface area contributed by atoms with Crippen LogP contribution in [0.15, 0.2) is 70.0 Å². The Labute approximate surface area is 173 Å². The number of para-hydroxylation sites is 1. The molecule has 9 heteroatoms. The van der Waals surface area contributed by atoms with Crippen LogP contribution in [0.5, 0.6) is 0 Å². The van der Waals surface area contributed by atoms with Crippen molar-refractivity contribution in [2.75, 3.05) is 4.90 Å². The van der Waals surface area contributed by atoms with Crippen LogP contribution < -0.4 is 4.90 Å². The Bertz CT molecular complexity index is 1190. The molecule has 0 bridgehead atoms. The van der Waals surface area contributed by atoms with E-state index in [0.29, 0.717) is 27.7 Å². The van der Waals surface area contributed by atoms with Gasteiger partial charge in [0.1, 0.15) is 17.3 Å². The summed E-state index contributed by atoms with van der Waals surface area (Å²) in [4.78, 5) is 25.0. The highest BCUT2D eigenvalue weighted by atomic mass is 32.2. The van der Waals surface area contributed by atoms with Crippen LogP contribution >= 0.6 is 24.0 Å². The first kappa shape index (κ1) is 19.0. The number of nitro groups is 1. The summed E-state index contributed by atoms with van der Waals surface area (Å²) in [5.41, 5.74) is 0.603. The van der Waals surface area contributed by atoms with Crippen LogP contribution in [0.3, 0.4) is 0 Å². The molecule has 6 nitrogen and oxygen atoms in total. The third-order valence-corrected chi connectivity index (χ3v) is 5.43. The van der Waals surface area contributed by atoms with Crippen LogP contribution in [0.1, 0.15) is 5.76 Å². The molecule has 0 unspecified atom stereocenters. The molecule has 0 N–H and O–H groups in total. The van der Waals surface area contributed by atoms with E-state index in [1.54, 1.807) is 36.4 Å². The molecule has 1 aliphatic rings. The number of hydrogen-bond acceptors (Lipinski definition) is 6. The van der Waals surface area contributed by atoms with Gasteiger partial charge >= 0.3 is 0 Å². The quantitative estimate of drug-likeness (QED) is 0.241. The number of rotatable bonds is 4. The fourth-order valence-electron chi connectivity index (χ4n) is 2.85. The zero-order valence-electron chi connectivity index (χ0n) is 14.6. The van der Waals surface area contributed by atoms with Gasteiger partial charge in [0, 0.05) is 12.1 Å². The van der Waals surface area contributed by atoms with Gasteiger partial charge in [-0.3, -0.25) is 19.8 Å². The van der Waals surface area contributed by atoms with Gasteiger partial charge in [-0.1, -0.05) is 42.2 Å². The molecule has 4 rings (SSSR count). The summed E-state index contributed by atoms with van der Waals surface area (Å²) in [6.07, 6.45) is 1.51. The standard InChI is InChI=1S/C20H11FN2O4S2/c21-12-4-3-5-13(10-12)22-19(24)18(29-20(22)28)11-14-8-9-17(27-14)15-6-1-2-7-16(15)23(25)26/h1-11H/b18-11-. The first-order valence-corrected chi connectivity index (χ1v) is 9.53. The summed E-state index contributed by atoms with van der Waals surface area (Å²) >= 11 is 6.33. The monoisotopic (exact) mass is 426 g/mol. The average Bonchev–Trinajstić information content (AvgIpc) is 3.26. The maximum absolute atomic E-state index is 13.5. The highest BCUT2D eigenvalue weighted by Gasteiger charge is 2.33. The third kappa shape index (κ3) is 3.69. The van der Waals surface area contributed by atoms with Crippen LogP contribution in [-0.4, -0.2) is 15.2 Å². The Kier molecular flexibility index (Phi) is 4.99. The van der Waals surface area contributed by atoms with Gasteiger partial charge in [0.15, 0.2) is 4.32 Å². The van der Waals surface area contributed by atoms with Gasteiger partial charge in [0.25, 0.3) is 11.6 Å². The number of furan rings is 1. The van der Waals surface area contributed by atoms with Crippen molar-refractivity contribution in [1.82, 2.24) is 0 Å². The lowest BCUT2D eigenvalue weighted by molar-refractivity contribution is -0.384. The number of thioether (sulfide) groups is 1. The number of hydrogen-bond donors (Lipinski definition) is 0. The van der Waals surface area contributed by atoms with E-state index < -0.39 is 16.6 Å². The molecule has 0 radical (unpaired) electrons. The van der Waals surface area contributed by atoms with Gasteiger partial charge < -0.3 is 4.42 Å². The third-order valence-electron chi connectivity index (χ3n) is 4.13. The van der Waals surface area contributed by atoms with Crippen molar-refractivity contribution in [3.05, 3.63) is 87.3 Å². The molecule has 144 valence electrons. The van der Waals surface area contributed by atoms with E-state index in [2.05, 4.69) is 0 Å². The van der Waals surface area contributed by atoms with Gasteiger partial charge in [-0.25, -0.2) is 4.39 Å².